The van der Waals surface area contributed by atoms with Crippen LogP contribution in [-0.2, 0) is 0 Å². The molecule has 0 unspecified atom stereocenters. The van der Waals surface area contributed by atoms with E-state index >= 15 is 0 Å². The van der Waals surface area contributed by atoms with Crippen molar-refractivity contribution in [1.82, 2.24) is 0 Å². The lowest BCUT2D eigenvalue weighted by Crippen LogP contribution is -1.92. The Hall–Kier alpha value is -4.94. The molecule has 0 fully saturated rings. The van der Waals surface area contributed by atoms with Gasteiger partial charge in [0.15, 0.2) is 0 Å². The molecule has 38 heavy (non-hydrogen) atoms. The normalized spacial score (nSPS) is 14.8. The van der Waals surface area contributed by atoms with Gasteiger partial charge in [0.1, 0.15) is 0 Å². The molecule has 0 nitrogen and oxygen atoms in total. The van der Waals surface area contributed by atoms with E-state index in [2.05, 4.69) is 0 Å². The summed E-state index contributed by atoms with van der Waals surface area (Å²) in [5.74, 6) is 0. The summed E-state index contributed by atoms with van der Waals surface area (Å²) in [7, 11) is 0. The molecule has 0 saturated carbocycles. The van der Waals surface area contributed by atoms with E-state index in [0.717, 1.165) is 43.8 Å². The molecule has 0 spiro atoms. The summed E-state index contributed by atoms with van der Waals surface area (Å²) in [4.78, 5) is 0. The summed E-state index contributed by atoms with van der Waals surface area (Å²) >= 11 is 0. The molecule has 7 rings (SSSR count). The van der Waals surface area contributed by atoms with E-state index in [0.29, 0.717) is 11.1 Å². The topological polar surface area (TPSA) is 0 Å². The molecule has 0 saturated heterocycles. The first kappa shape index (κ1) is 14.1. The SMILES string of the molecule is [2H]c1c([2H])c([2H])c(-c2ccc3c(-c4ccccc4)c4ccc(-c5c([2H])c([2H])c([2H])c([2H])c5[2H])cc4c(-c4ccccc4)c3c2)c([2H])c1[2H]. The summed E-state index contributed by atoms with van der Waals surface area (Å²) < 4.78 is 84.0. The van der Waals surface area contributed by atoms with Crippen molar-refractivity contribution >= 4 is 21.5 Å². The van der Waals surface area contributed by atoms with Crippen LogP contribution in [0.15, 0.2) is 157 Å². The zero-order valence-electron chi connectivity index (χ0n) is 30.2. The van der Waals surface area contributed by atoms with E-state index in [1.165, 1.54) is 0 Å². The number of fused-ring (bicyclic) bond motifs is 2. The number of hydrogen-bond donors (Lipinski definition) is 0. The van der Waals surface area contributed by atoms with Gasteiger partial charge in [0.2, 0.25) is 0 Å². The number of benzene rings is 7. The van der Waals surface area contributed by atoms with Gasteiger partial charge in [-0.3, -0.25) is 0 Å². The van der Waals surface area contributed by atoms with Crippen molar-refractivity contribution in [2.24, 2.45) is 0 Å². The Morgan fingerprint density at radius 1 is 0.316 bits per heavy atom. The first-order valence-electron chi connectivity index (χ1n) is 17.3. The van der Waals surface area contributed by atoms with Gasteiger partial charge in [0, 0.05) is 0 Å². The van der Waals surface area contributed by atoms with E-state index in [9.17, 15) is 0 Å². The van der Waals surface area contributed by atoms with Crippen molar-refractivity contribution in [1.29, 1.82) is 0 Å². The van der Waals surface area contributed by atoms with Crippen LogP contribution in [0, 0.1) is 0 Å². The summed E-state index contributed by atoms with van der Waals surface area (Å²) in [6.07, 6.45) is 0. The quantitative estimate of drug-likeness (QED) is 0.214. The Morgan fingerprint density at radius 3 is 1.13 bits per heavy atom. The molecule has 0 heteroatoms. The van der Waals surface area contributed by atoms with E-state index < -0.39 is 36.3 Å². The first-order chi connectivity index (χ1) is 23.0. The molecule has 0 amide bonds. The second kappa shape index (κ2) is 9.50. The summed E-state index contributed by atoms with van der Waals surface area (Å²) in [5.41, 5.74) is 4.58. The highest BCUT2D eigenvalue weighted by atomic mass is 14.2. The van der Waals surface area contributed by atoms with Crippen LogP contribution in [0.1, 0.15) is 13.7 Å². The predicted molar refractivity (Wildman–Crippen MR) is 163 cm³/mol. The fourth-order valence-electron chi connectivity index (χ4n) is 5.16. The van der Waals surface area contributed by atoms with Crippen molar-refractivity contribution in [2.75, 3.05) is 0 Å². The molecular weight excluding hydrogens is 456 g/mol. The minimum atomic E-state index is -0.461. The molecule has 0 heterocycles. The van der Waals surface area contributed by atoms with Gasteiger partial charge >= 0.3 is 0 Å². The van der Waals surface area contributed by atoms with Crippen LogP contribution >= 0.6 is 0 Å². The zero-order valence-corrected chi connectivity index (χ0v) is 20.2. The number of hydrogen-bond acceptors (Lipinski definition) is 0. The monoisotopic (exact) mass is 492 g/mol. The van der Waals surface area contributed by atoms with Crippen LogP contribution in [0.4, 0.5) is 0 Å². The molecule has 0 aliphatic rings. The van der Waals surface area contributed by atoms with Crippen LogP contribution in [0.3, 0.4) is 0 Å². The van der Waals surface area contributed by atoms with E-state index in [1.54, 1.807) is 12.1 Å². The van der Waals surface area contributed by atoms with Crippen molar-refractivity contribution in [2.45, 2.75) is 0 Å². The van der Waals surface area contributed by atoms with Gasteiger partial charge in [-0.05, 0) is 78.2 Å². The molecule has 0 radical (unpaired) electrons. The molecule has 178 valence electrons. The zero-order chi connectivity index (χ0) is 34.0. The third kappa shape index (κ3) is 3.88. The molecule has 7 aromatic rings. The van der Waals surface area contributed by atoms with Crippen molar-refractivity contribution in [3.8, 4) is 44.5 Å². The van der Waals surface area contributed by atoms with Crippen LogP contribution in [0.5, 0.6) is 0 Å². The standard InChI is InChI=1S/C38H26/c1-5-13-27(14-6-1)31-21-23-33-35(25-31)38(30-19-11-4-12-20-30)36-26-32(28-15-7-2-8-16-28)22-24-34(36)37(33)29-17-9-3-10-18-29/h1-26H/i1D,2D,5D,6D,7D,8D,13D,14D,15D,16D. The average molecular weight is 493 g/mol. The maximum Gasteiger partial charge on any atom is 0.0629 e. The van der Waals surface area contributed by atoms with Crippen LogP contribution in [0.25, 0.3) is 66.1 Å². The maximum absolute atomic E-state index is 8.67. The lowest BCUT2D eigenvalue weighted by molar-refractivity contribution is 1.62. The van der Waals surface area contributed by atoms with Gasteiger partial charge in [0.25, 0.3) is 0 Å². The Morgan fingerprint density at radius 2 is 0.711 bits per heavy atom. The van der Waals surface area contributed by atoms with Gasteiger partial charge in [0.05, 0.1) is 13.7 Å². The third-order valence-electron chi connectivity index (χ3n) is 6.82. The molecular formula is C38H26. The van der Waals surface area contributed by atoms with Crippen LogP contribution in [0.2, 0.25) is 0 Å². The van der Waals surface area contributed by atoms with Crippen molar-refractivity contribution < 1.29 is 13.7 Å². The van der Waals surface area contributed by atoms with Gasteiger partial charge < -0.3 is 0 Å². The van der Waals surface area contributed by atoms with Crippen LogP contribution < -0.4 is 0 Å². The molecule has 7 aromatic carbocycles. The molecule has 0 aliphatic carbocycles. The Balaban J connectivity index is 1.67. The predicted octanol–water partition coefficient (Wildman–Crippen LogP) is 10.7. The summed E-state index contributed by atoms with van der Waals surface area (Å²) in [6, 6.07) is 26.8. The molecule has 0 aromatic heterocycles. The highest BCUT2D eigenvalue weighted by Gasteiger charge is 2.18. The van der Waals surface area contributed by atoms with Gasteiger partial charge in [-0.2, -0.15) is 0 Å². The lowest BCUT2D eigenvalue weighted by atomic mass is 9.84. The smallest absolute Gasteiger partial charge is 0.0622 e. The fourth-order valence-corrected chi connectivity index (χ4v) is 5.16. The maximum atomic E-state index is 8.67. The van der Waals surface area contributed by atoms with Gasteiger partial charge in [-0.15, -0.1) is 0 Å². The second-order valence-electron chi connectivity index (χ2n) is 9.00. The third-order valence-corrected chi connectivity index (χ3v) is 6.82. The Bertz CT molecular complexity index is 2250. The molecule has 0 aliphatic heterocycles. The first-order valence-corrected chi connectivity index (χ1v) is 12.3. The Labute approximate surface area is 237 Å². The minimum absolute atomic E-state index is 0.0937. The molecule has 0 bridgehead atoms. The van der Waals surface area contributed by atoms with E-state index in [4.69, 9.17) is 13.7 Å². The Kier molecular flexibility index (Phi) is 3.53. The summed E-state index contributed by atoms with van der Waals surface area (Å²) in [5, 5.41) is 3.27. The molecule has 0 atom stereocenters. The van der Waals surface area contributed by atoms with E-state index in [-0.39, 0.29) is 35.3 Å². The van der Waals surface area contributed by atoms with Crippen LogP contribution in [-0.4, -0.2) is 0 Å². The average Bonchev–Trinajstić information content (AvgIpc) is 3.11. The molecule has 0 N–H and O–H groups in total. The highest BCUT2D eigenvalue weighted by Crippen LogP contribution is 2.45. The highest BCUT2D eigenvalue weighted by molar-refractivity contribution is 6.22. The summed E-state index contributed by atoms with van der Waals surface area (Å²) in [6.45, 7) is 0. The van der Waals surface area contributed by atoms with Gasteiger partial charge in [-0.1, -0.05) is 145 Å². The van der Waals surface area contributed by atoms with Crippen molar-refractivity contribution in [3.63, 3.8) is 0 Å². The largest absolute Gasteiger partial charge is 0.0629 e. The lowest BCUT2D eigenvalue weighted by Gasteiger charge is -2.19. The van der Waals surface area contributed by atoms with Crippen molar-refractivity contribution in [3.05, 3.63) is 157 Å². The fraction of sp³-hybridized carbons (Fsp3) is 0. The van der Waals surface area contributed by atoms with E-state index in [1.807, 2.05) is 84.9 Å². The second-order valence-corrected chi connectivity index (χ2v) is 9.00. The minimum Gasteiger partial charge on any atom is -0.0622 e. The van der Waals surface area contributed by atoms with Gasteiger partial charge in [-0.25, -0.2) is 0 Å². The number of rotatable bonds is 4.